The molecule has 3 rings (SSSR count). The van der Waals surface area contributed by atoms with E-state index in [-0.39, 0.29) is 12.4 Å². The summed E-state index contributed by atoms with van der Waals surface area (Å²) in [5.74, 6) is 0.618. The highest BCUT2D eigenvalue weighted by atomic mass is 35.5. The molecule has 0 atom stereocenters. The van der Waals surface area contributed by atoms with E-state index in [4.69, 9.17) is 9.47 Å². The third-order valence-corrected chi connectivity index (χ3v) is 3.76. The average molecular weight is 336 g/mol. The Morgan fingerprint density at radius 3 is 2.57 bits per heavy atom. The Kier molecular flexibility index (Phi) is 6.77. The molecular weight excluding hydrogens is 314 g/mol. The molecule has 124 valence electrons. The highest BCUT2D eigenvalue weighted by molar-refractivity contribution is 5.85. The smallest absolute Gasteiger partial charge is 0.236 e. The molecule has 1 aromatic carbocycles. The summed E-state index contributed by atoms with van der Waals surface area (Å²) in [6.45, 7) is 7.09. The molecule has 0 spiro atoms. The molecule has 0 unspecified atom stereocenters. The molecule has 0 N–H and O–H groups in total. The maximum absolute atomic E-state index is 5.77. The fourth-order valence-corrected chi connectivity index (χ4v) is 2.46. The van der Waals surface area contributed by atoms with Crippen LogP contribution in [0.4, 0.5) is 0 Å². The van der Waals surface area contributed by atoms with E-state index in [1.54, 1.807) is 0 Å². The summed E-state index contributed by atoms with van der Waals surface area (Å²) in [5.41, 5.74) is 2.95. The van der Waals surface area contributed by atoms with Crippen LogP contribution in [0.2, 0.25) is 0 Å². The maximum Gasteiger partial charge on any atom is 0.236 e. The van der Waals surface area contributed by atoms with E-state index >= 15 is 0 Å². The van der Waals surface area contributed by atoms with Crippen molar-refractivity contribution in [3.8, 4) is 17.1 Å². The summed E-state index contributed by atoms with van der Waals surface area (Å²) in [4.78, 5) is 2.34. The zero-order valence-electron chi connectivity index (χ0n) is 13.3. The molecule has 1 aliphatic rings. The number of ether oxygens (including phenoxy) is 2. The molecular formula is C17H22ClN3O2. The number of rotatable bonds is 5. The molecule has 23 heavy (non-hydrogen) atoms. The van der Waals surface area contributed by atoms with Gasteiger partial charge in [-0.15, -0.1) is 22.6 Å². The van der Waals surface area contributed by atoms with Gasteiger partial charge in [0.25, 0.3) is 0 Å². The molecule has 1 aliphatic heterocycles. The van der Waals surface area contributed by atoms with Crippen molar-refractivity contribution in [1.82, 2.24) is 15.1 Å². The van der Waals surface area contributed by atoms with Crippen molar-refractivity contribution < 1.29 is 9.47 Å². The summed E-state index contributed by atoms with van der Waals surface area (Å²) in [5, 5.41) is 8.49. The molecule has 0 saturated carbocycles. The maximum atomic E-state index is 5.77. The van der Waals surface area contributed by atoms with Gasteiger partial charge in [0.2, 0.25) is 5.88 Å². The highest BCUT2D eigenvalue weighted by Gasteiger charge is 2.11. The lowest BCUT2D eigenvalue weighted by Gasteiger charge is -2.26. The predicted octanol–water partition coefficient (Wildman–Crippen LogP) is 2.58. The molecule has 1 aromatic heterocycles. The van der Waals surface area contributed by atoms with Gasteiger partial charge in [-0.3, -0.25) is 4.90 Å². The van der Waals surface area contributed by atoms with Gasteiger partial charge in [0.1, 0.15) is 6.61 Å². The topological polar surface area (TPSA) is 47.5 Å². The predicted molar refractivity (Wildman–Crippen MR) is 92.2 cm³/mol. The van der Waals surface area contributed by atoms with Crippen LogP contribution in [0, 0.1) is 6.92 Å². The van der Waals surface area contributed by atoms with Crippen molar-refractivity contribution in [2.75, 3.05) is 39.5 Å². The van der Waals surface area contributed by atoms with E-state index in [0.717, 1.165) is 49.7 Å². The van der Waals surface area contributed by atoms with Crippen LogP contribution in [0.15, 0.2) is 36.4 Å². The number of benzene rings is 1. The van der Waals surface area contributed by atoms with Crippen LogP contribution in [0.5, 0.6) is 5.88 Å². The van der Waals surface area contributed by atoms with E-state index < -0.39 is 0 Å². The number of hydrogen-bond acceptors (Lipinski definition) is 5. The van der Waals surface area contributed by atoms with Crippen LogP contribution in [-0.2, 0) is 4.74 Å². The van der Waals surface area contributed by atoms with Crippen LogP contribution in [0.3, 0.4) is 0 Å². The number of aryl methyl sites for hydroxylation is 1. The first-order valence-corrected chi connectivity index (χ1v) is 7.65. The molecule has 2 heterocycles. The lowest BCUT2D eigenvalue weighted by molar-refractivity contribution is 0.0319. The van der Waals surface area contributed by atoms with Crippen LogP contribution in [0.25, 0.3) is 11.3 Å². The average Bonchev–Trinajstić information content (AvgIpc) is 2.58. The summed E-state index contributed by atoms with van der Waals surface area (Å²) in [6.07, 6.45) is 0. The molecule has 6 heteroatoms. The molecule has 1 saturated heterocycles. The zero-order valence-corrected chi connectivity index (χ0v) is 14.1. The fourth-order valence-electron chi connectivity index (χ4n) is 2.46. The van der Waals surface area contributed by atoms with Crippen LogP contribution in [0.1, 0.15) is 5.56 Å². The van der Waals surface area contributed by atoms with Crippen LogP contribution >= 0.6 is 12.4 Å². The van der Waals surface area contributed by atoms with E-state index in [1.807, 2.05) is 43.3 Å². The number of hydrogen-bond donors (Lipinski definition) is 0. The monoisotopic (exact) mass is 335 g/mol. The van der Waals surface area contributed by atoms with Crippen molar-refractivity contribution >= 4 is 12.4 Å². The van der Waals surface area contributed by atoms with Gasteiger partial charge in [0, 0.05) is 30.8 Å². The first-order chi connectivity index (χ1) is 10.8. The van der Waals surface area contributed by atoms with E-state index in [2.05, 4.69) is 15.1 Å². The highest BCUT2D eigenvalue weighted by Crippen LogP contribution is 2.21. The van der Waals surface area contributed by atoms with Crippen molar-refractivity contribution in [3.63, 3.8) is 0 Å². The summed E-state index contributed by atoms with van der Waals surface area (Å²) < 4.78 is 11.1. The van der Waals surface area contributed by atoms with Gasteiger partial charge >= 0.3 is 0 Å². The first kappa shape index (κ1) is 17.7. The zero-order chi connectivity index (χ0) is 15.2. The lowest BCUT2D eigenvalue weighted by Crippen LogP contribution is -2.38. The van der Waals surface area contributed by atoms with Crippen LogP contribution < -0.4 is 4.74 Å². The van der Waals surface area contributed by atoms with Crippen molar-refractivity contribution in [1.29, 1.82) is 0 Å². The quantitative estimate of drug-likeness (QED) is 0.840. The number of morpholine rings is 1. The Morgan fingerprint density at radius 2 is 1.87 bits per heavy atom. The van der Waals surface area contributed by atoms with Gasteiger partial charge in [-0.1, -0.05) is 30.3 Å². The number of nitrogens with zero attached hydrogens (tertiary/aromatic N) is 3. The SMILES string of the molecule is Cc1cc(-c2ccccc2)nnc1OCCN1CCOCC1.Cl. The number of aromatic nitrogens is 2. The molecule has 5 nitrogen and oxygen atoms in total. The third kappa shape index (κ3) is 4.89. The minimum absolute atomic E-state index is 0. The second-order valence-corrected chi connectivity index (χ2v) is 5.39. The minimum atomic E-state index is 0. The molecule has 0 radical (unpaired) electrons. The molecule has 0 amide bonds. The van der Waals surface area contributed by atoms with Gasteiger partial charge in [-0.05, 0) is 13.0 Å². The second-order valence-electron chi connectivity index (χ2n) is 5.39. The van der Waals surface area contributed by atoms with Gasteiger partial charge < -0.3 is 9.47 Å². The normalized spacial score (nSPS) is 15.0. The van der Waals surface area contributed by atoms with Gasteiger partial charge in [-0.25, -0.2) is 0 Å². The first-order valence-electron chi connectivity index (χ1n) is 7.65. The Balaban J connectivity index is 0.00000192. The lowest BCUT2D eigenvalue weighted by atomic mass is 10.1. The Bertz CT molecular complexity index is 604. The fraction of sp³-hybridized carbons (Fsp3) is 0.412. The van der Waals surface area contributed by atoms with E-state index in [9.17, 15) is 0 Å². The van der Waals surface area contributed by atoms with Gasteiger partial charge in [0.05, 0.1) is 18.9 Å². The van der Waals surface area contributed by atoms with Gasteiger partial charge in [0.15, 0.2) is 0 Å². The number of halogens is 1. The largest absolute Gasteiger partial charge is 0.475 e. The Hall–Kier alpha value is -1.69. The van der Waals surface area contributed by atoms with Crippen molar-refractivity contribution in [2.45, 2.75) is 6.92 Å². The Morgan fingerprint density at radius 1 is 1.13 bits per heavy atom. The molecule has 2 aromatic rings. The summed E-state index contributed by atoms with van der Waals surface area (Å²) in [6, 6.07) is 12.1. The second kappa shape index (κ2) is 8.82. The molecule has 1 fully saturated rings. The van der Waals surface area contributed by atoms with E-state index in [0.29, 0.717) is 12.5 Å². The molecule has 0 aliphatic carbocycles. The third-order valence-electron chi connectivity index (χ3n) is 3.76. The summed E-state index contributed by atoms with van der Waals surface area (Å²) in [7, 11) is 0. The Labute approximate surface area is 143 Å². The van der Waals surface area contributed by atoms with Crippen molar-refractivity contribution in [3.05, 3.63) is 42.0 Å². The summed E-state index contributed by atoms with van der Waals surface area (Å²) >= 11 is 0. The van der Waals surface area contributed by atoms with Crippen molar-refractivity contribution in [2.24, 2.45) is 0 Å². The molecule has 0 bridgehead atoms. The van der Waals surface area contributed by atoms with Gasteiger partial charge in [-0.2, -0.15) is 0 Å². The van der Waals surface area contributed by atoms with Crippen LogP contribution in [-0.4, -0.2) is 54.6 Å². The minimum Gasteiger partial charge on any atom is -0.475 e. The standard InChI is InChI=1S/C17H21N3O2.ClH/c1-14-13-16(15-5-3-2-4-6-15)18-19-17(14)22-12-9-20-7-10-21-11-8-20;/h2-6,13H,7-12H2,1H3;1H. The van der Waals surface area contributed by atoms with E-state index in [1.165, 1.54) is 0 Å².